The number of benzene rings is 2. The Labute approximate surface area is 193 Å². The van der Waals surface area contributed by atoms with E-state index in [2.05, 4.69) is 4.98 Å². The maximum absolute atomic E-state index is 14.2. The van der Waals surface area contributed by atoms with Crippen molar-refractivity contribution < 1.29 is 19.0 Å². The number of pyridine rings is 1. The van der Waals surface area contributed by atoms with Gasteiger partial charge in [-0.25, -0.2) is 4.39 Å². The fraction of sp³-hybridized carbons (Fsp3) is 0.429. The average Bonchev–Trinajstić information content (AvgIpc) is 3.53. The molecule has 1 unspecified atom stereocenters. The van der Waals surface area contributed by atoms with Crippen molar-refractivity contribution in [2.75, 3.05) is 13.2 Å². The lowest BCUT2D eigenvalue weighted by molar-refractivity contribution is -0.120. The lowest BCUT2D eigenvalue weighted by atomic mass is 9.74. The zero-order valence-electron chi connectivity index (χ0n) is 19.0. The highest BCUT2D eigenvalue weighted by Crippen LogP contribution is 2.63. The summed E-state index contributed by atoms with van der Waals surface area (Å²) in [6, 6.07) is 13.1. The molecule has 0 amide bonds. The van der Waals surface area contributed by atoms with Crippen LogP contribution in [-0.4, -0.2) is 29.1 Å². The van der Waals surface area contributed by atoms with Crippen LogP contribution in [0.3, 0.4) is 0 Å². The first kappa shape index (κ1) is 22.0. The smallest absolute Gasteiger partial charge is 0.140 e. The van der Waals surface area contributed by atoms with Gasteiger partial charge in [0.2, 0.25) is 0 Å². The Morgan fingerprint density at radius 1 is 1.18 bits per heavy atom. The Bertz CT molecular complexity index is 1170. The van der Waals surface area contributed by atoms with E-state index in [9.17, 15) is 9.18 Å². The van der Waals surface area contributed by atoms with Crippen LogP contribution in [0.1, 0.15) is 54.7 Å². The Hall–Kier alpha value is -2.79. The number of carbonyl (C=O) groups excluding carboxylic acids is 1. The highest BCUT2D eigenvalue weighted by atomic mass is 19.1. The summed E-state index contributed by atoms with van der Waals surface area (Å²) >= 11 is 0. The van der Waals surface area contributed by atoms with Gasteiger partial charge in [0, 0.05) is 23.9 Å². The van der Waals surface area contributed by atoms with Gasteiger partial charge in [0.25, 0.3) is 0 Å². The van der Waals surface area contributed by atoms with Crippen LogP contribution in [0.5, 0.6) is 5.75 Å². The number of fused-ring (bicyclic) bond motifs is 1. The third-order valence-corrected chi connectivity index (χ3v) is 7.72. The minimum atomic E-state index is -0.176. The maximum atomic E-state index is 14.2. The molecule has 2 aliphatic carbocycles. The molecule has 1 heterocycles. The molecule has 2 fully saturated rings. The van der Waals surface area contributed by atoms with E-state index in [0.717, 1.165) is 48.6 Å². The van der Waals surface area contributed by atoms with E-state index >= 15 is 0 Å². The van der Waals surface area contributed by atoms with Crippen LogP contribution in [-0.2, 0) is 11.2 Å². The van der Waals surface area contributed by atoms with E-state index in [-0.39, 0.29) is 30.4 Å². The lowest BCUT2D eigenvalue weighted by Crippen LogP contribution is -2.20. The van der Waals surface area contributed by atoms with E-state index in [1.54, 1.807) is 13.0 Å². The highest BCUT2D eigenvalue weighted by molar-refractivity contribution is 5.87. The van der Waals surface area contributed by atoms with Gasteiger partial charge in [-0.3, -0.25) is 9.78 Å². The van der Waals surface area contributed by atoms with Crippen LogP contribution in [0.15, 0.2) is 48.7 Å². The SMILES string of the molecule is Cc1cc2nccc(C3CCC4(CC3)CC4C(=O)Cc3ccc(OCCO)cc3)c2cc1F. The van der Waals surface area contributed by atoms with Gasteiger partial charge in [-0.15, -0.1) is 0 Å². The monoisotopic (exact) mass is 447 g/mol. The van der Waals surface area contributed by atoms with Crippen molar-refractivity contribution in [1.29, 1.82) is 0 Å². The summed E-state index contributed by atoms with van der Waals surface area (Å²) in [5.41, 5.74) is 3.86. The summed E-state index contributed by atoms with van der Waals surface area (Å²) in [6.07, 6.45) is 7.48. The summed E-state index contributed by atoms with van der Waals surface area (Å²) in [5, 5.41) is 9.78. The number of aromatic nitrogens is 1. The number of carbonyl (C=O) groups is 1. The number of halogens is 1. The molecular weight excluding hydrogens is 417 g/mol. The lowest BCUT2D eigenvalue weighted by Gasteiger charge is -2.30. The molecule has 5 heteroatoms. The van der Waals surface area contributed by atoms with Crippen LogP contribution < -0.4 is 4.74 Å². The number of Topliss-reactive ketones (excluding diaryl/α,β-unsaturated/α-hetero) is 1. The first-order valence-electron chi connectivity index (χ1n) is 11.9. The number of aryl methyl sites for hydroxylation is 1. The minimum absolute atomic E-state index is 0.0151. The number of nitrogens with zero attached hydrogens (tertiary/aromatic N) is 1. The second-order valence-electron chi connectivity index (χ2n) is 9.77. The molecule has 0 bridgehead atoms. The fourth-order valence-corrected chi connectivity index (χ4v) is 5.70. The van der Waals surface area contributed by atoms with Crippen molar-refractivity contribution in [3.05, 3.63) is 71.2 Å². The topological polar surface area (TPSA) is 59.4 Å². The molecule has 33 heavy (non-hydrogen) atoms. The fourth-order valence-electron chi connectivity index (χ4n) is 5.70. The standard InChI is InChI=1S/C28H30FNO3/c1-18-14-26-23(16-25(18)29)22(8-11-30-26)20-6-9-28(10-7-20)17-24(28)27(32)15-19-2-4-21(5-3-19)33-13-12-31/h2-5,8,11,14,16,20,24,31H,6-7,9-10,12-13,15,17H2,1H3. The van der Waals surface area contributed by atoms with Crippen LogP contribution >= 0.6 is 0 Å². The minimum Gasteiger partial charge on any atom is -0.491 e. The second kappa shape index (κ2) is 8.86. The van der Waals surface area contributed by atoms with Crippen molar-refractivity contribution in [3.8, 4) is 5.75 Å². The largest absolute Gasteiger partial charge is 0.491 e. The molecule has 1 N–H and O–H groups in total. The first-order chi connectivity index (χ1) is 16.0. The molecule has 2 saturated carbocycles. The molecule has 5 rings (SSSR count). The number of ketones is 1. The molecule has 0 aliphatic heterocycles. The normalized spacial score (nSPS) is 24.2. The molecule has 0 radical (unpaired) electrons. The van der Waals surface area contributed by atoms with Gasteiger partial charge in [-0.05, 0) is 97.4 Å². The molecule has 1 atom stereocenters. The van der Waals surface area contributed by atoms with Gasteiger partial charge in [-0.1, -0.05) is 12.1 Å². The van der Waals surface area contributed by atoms with E-state index < -0.39 is 0 Å². The van der Waals surface area contributed by atoms with Crippen LogP contribution in [0.4, 0.5) is 4.39 Å². The Balaban J connectivity index is 1.21. The molecule has 172 valence electrons. The number of aliphatic hydroxyl groups excluding tert-OH is 1. The summed E-state index contributed by atoms with van der Waals surface area (Å²) < 4.78 is 19.6. The Kier molecular flexibility index (Phi) is 5.92. The summed E-state index contributed by atoms with van der Waals surface area (Å²) in [7, 11) is 0. The van der Waals surface area contributed by atoms with Crippen LogP contribution in [0, 0.1) is 24.1 Å². The van der Waals surface area contributed by atoms with Crippen molar-refractivity contribution in [3.63, 3.8) is 0 Å². The van der Waals surface area contributed by atoms with Crippen molar-refractivity contribution in [2.45, 2.75) is 51.4 Å². The third kappa shape index (κ3) is 4.39. The summed E-state index contributed by atoms with van der Waals surface area (Å²) in [6.45, 7) is 2.03. The number of hydrogen-bond donors (Lipinski definition) is 1. The van der Waals surface area contributed by atoms with Gasteiger partial charge < -0.3 is 9.84 Å². The average molecular weight is 448 g/mol. The third-order valence-electron chi connectivity index (χ3n) is 7.72. The van der Waals surface area contributed by atoms with E-state index in [0.29, 0.717) is 29.4 Å². The summed E-state index contributed by atoms with van der Waals surface area (Å²) in [4.78, 5) is 17.4. The van der Waals surface area contributed by atoms with Gasteiger partial charge in [0.1, 0.15) is 24.0 Å². The van der Waals surface area contributed by atoms with Crippen LogP contribution in [0.2, 0.25) is 0 Å². The van der Waals surface area contributed by atoms with Gasteiger partial charge >= 0.3 is 0 Å². The zero-order chi connectivity index (χ0) is 23.0. The molecule has 0 saturated heterocycles. The van der Waals surface area contributed by atoms with Gasteiger partial charge in [-0.2, -0.15) is 0 Å². The maximum Gasteiger partial charge on any atom is 0.140 e. The number of aliphatic hydroxyl groups is 1. The highest BCUT2D eigenvalue weighted by Gasteiger charge is 2.57. The Morgan fingerprint density at radius 3 is 2.67 bits per heavy atom. The number of rotatable bonds is 7. The van der Waals surface area contributed by atoms with Gasteiger partial charge in [0.05, 0.1) is 12.1 Å². The molecular formula is C28H30FNO3. The Morgan fingerprint density at radius 2 is 1.94 bits per heavy atom. The van der Waals surface area contributed by atoms with E-state index in [1.165, 1.54) is 5.56 Å². The van der Waals surface area contributed by atoms with Crippen LogP contribution in [0.25, 0.3) is 10.9 Å². The first-order valence-corrected chi connectivity index (χ1v) is 11.9. The van der Waals surface area contributed by atoms with Crippen molar-refractivity contribution in [1.82, 2.24) is 4.98 Å². The van der Waals surface area contributed by atoms with E-state index in [1.807, 2.05) is 42.6 Å². The zero-order valence-corrected chi connectivity index (χ0v) is 19.0. The quantitative estimate of drug-likeness (QED) is 0.517. The molecule has 3 aromatic rings. The predicted molar refractivity (Wildman–Crippen MR) is 126 cm³/mol. The molecule has 2 aromatic carbocycles. The summed E-state index contributed by atoms with van der Waals surface area (Å²) in [5.74, 6) is 1.43. The molecule has 1 aromatic heterocycles. The van der Waals surface area contributed by atoms with Gasteiger partial charge in [0.15, 0.2) is 0 Å². The molecule has 4 nitrogen and oxygen atoms in total. The number of hydrogen-bond acceptors (Lipinski definition) is 4. The number of ether oxygens (including phenoxy) is 1. The molecule has 1 spiro atoms. The molecule has 2 aliphatic rings. The van der Waals surface area contributed by atoms with Crippen molar-refractivity contribution in [2.24, 2.45) is 11.3 Å². The second-order valence-corrected chi connectivity index (χ2v) is 9.77. The van der Waals surface area contributed by atoms with E-state index in [4.69, 9.17) is 9.84 Å². The van der Waals surface area contributed by atoms with Crippen molar-refractivity contribution >= 4 is 16.7 Å². The predicted octanol–water partition coefficient (Wildman–Crippen LogP) is 5.53.